The Hall–Kier alpha value is -2.44. The number of fused-ring (bicyclic) bond motifs is 1. The van der Waals surface area contributed by atoms with E-state index in [9.17, 15) is 4.79 Å². The minimum atomic E-state index is -0.0635. The van der Waals surface area contributed by atoms with Gasteiger partial charge >= 0.3 is 0 Å². The van der Waals surface area contributed by atoms with E-state index in [-0.39, 0.29) is 12.1 Å². The molecule has 1 aliphatic heterocycles. The zero-order valence-corrected chi connectivity index (χ0v) is 13.9. The van der Waals surface area contributed by atoms with Crippen LogP contribution in [0.5, 0.6) is 0 Å². The average molecular weight is 338 g/mol. The molecule has 1 amide bonds. The summed E-state index contributed by atoms with van der Waals surface area (Å²) in [6.07, 6.45) is 0.926. The van der Waals surface area contributed by atoms with Gasteiger partial charge in [-0.2, -0.15) is 5.10 Å². The summed E-state index contributed by atoms with van der Waals surface area (Å²) in [6, 6.07) is 16.3. The highest BCUT2D eigenvalue weighted by molar-refractivity contribution is 7.13. The maximum absolute atomic E-state index is 12.1. The van der Waals surface area contributed by atoms with Gasteiger partial charge in [-0.15, -0.1) is 11.3 Å². The maximum Gasteiger partial charge on any atom is 0.269 e. The SMILES string of the molecule is O=C1NCC(NCCc2ccccc2)n2nc(-c3cccs3)cc21. The lowest BCUT2D eigenvalue weighted by Crippen LogP contribution is -2.45. The lowest BCUT2D eigenvalue weighted by Gasteiger charge is -2.25. The molecule has 1 aliphatic rings. The summed E-state index contributed by atoms with van der Waals surface area (Å²) in [5.74, 6) is -0.0635. The molecule has 0 saturated heterocycles. The van der Waals surface area contributed by atoms with Crippen molar-refractivity contribution in [2.75, 3.05) is 13.1 Å². The molecule has 122 valence electrons. The summed E-state index contributed by atoms with van der Waals surface area (Å²) in [4.78, 5) is 13.2. The fraction of sp³-hybridized carbons (Fsp3) is 0.222. The zero-order valence-electron chi connectivity index (χ0n) is 13.1. The van der Waals surface area contributed by atoms with Gasteiger partial charge in [-0.1, -0.05) is 36.4 Å². The highest BCUT2D eigenvalue weighted by Gasteiger charge is 2.27. The van der Waals surface area contributed by atoms with Crippen LogP contribution in [0.25, 0.3) is 10.6 Å². The number of amides is 1. The normalized spacial score (nSPS) is 16.7. The van der Waals surface area contributed by atoms with Crippen molar-refractivity contribution in [1.82, 2.24) is 20.4 Å². The maximum atomic E-state index is 12.1. The van der Waals surface area contributed by atoms with Crippen molar-refractivity contribution in [3.63, 3.8) is 0 Å². The summed E-state index contributed by atoms with van der Waals surface area (Å²) < 4.78 is 1.82. The van der Waals surface area contributed by atoms with Crippen molar-refractivity contribution in [2.45, 2.75) is 12.6 Å². The Morgan fingerprint density at radius 1 is 1.25 bits per heavy atom. The molecular weight excluding hydrogens is 320 g/mol. The van der Waals surface area contributed by atoms with E-state index in [4.69, 9.17) is 0 Å². The van der Waals surface area contributed by atoms with Gasteiger partial charge in [0.25, 0.3) is 5.91 Å². The molecule has 1 aromatic carbocycles. The fourth-order valence-corrected chi connectivity index (χ4v) is 3.58. The summed E-state index contributed by atoms with van der Waals surface area (Å²) in [5.41, 5.74) is 2.76. The Morgan fingerprint density at radius 3 is 2.92 bits per heavy atom. The Morgan fingerprint density at radius 2 is 2.12 bits per heavy atom. The topological polar surface area (TPSA) is 59.0 Å². The third-order valence-electron chi connectivity index (χ3n) is 4.13. The molecule has 0 fully saturated rings. The number of rotatable bonds is 5. The van der Waals surface area contributed by atoms with Crippen LogP contribution in [0.2, 0.25) is 0 Å². The fourth-order valence-electron chi connectivity index (χ4n) is 2.90. The number of hydrogen-bond acceptors (Lipinski definition) is 4. The van der Waals surface area contributed by atoms with E-state index in [2.05, 4.69) is 40.0 Å². The van der Waals surface area contributed by atoms with Crippen LogP contribution < -0.4 is 10.6 Å². The smallest absolute Gasteiger partial charge is 0.269 e. The Balaban J connectivity index is 1.50. The zero-order chi connectivity index (χ0) is 16.4. The van der Waals surface area contributed by atoms with E-state index in [1.807, 2.05) is 34.3 Å². The van der Waals surface area contributed by atoms with E-state index in [1.54, 1.807) is 11.3 Å². The van der Waals surface area contributed by atoms with Crippen molar-refractivity contribution < 1.29 is 4.79 Å². The van der Waals surface area contributed by atoms with Crippen molar-refractivity contribution in [1.29, 1.82) is 0 Å². The summed E-state index contributed by atoms with van der Waals surface area (Å²) in [5, 5.41) is 13.1. The molecule has 24 heavy (non-hydrogen) atoms. The molecule has 2 N–H and O–H groups in total. The first-order valence-electron chi connectivity index (χ1n) is 8.00. The second-order valence-electron chi connectivity index (χ2n) is 5.75. The molecular formula is C18H18N4OS. The van der Waals surface area contributed by atoms with Gasteiger partial charge in [-0.3, -0.25) is 10.1 Å². The predicted molar refractivity (Wildman–Crippen MR) is 95.1 cm³/mol. The lowest BCUT2D eigenvalue weighted by molar-refractivity contribution is 0.0901. The molecule has 0 spiro atoms. The predicted octanol–water partition coefficient (Wildman–Crippen LogP) is 2.69. The number of benzene rings is 1. The van der Waals surface area contributed by atoms with Crippen LogP contribution in [0.3, 0.4) is 0 Å². The summed E-state index contributed by atoms with van der Waals surface area (Å²) >= 11 is 1.63. The molecule has 4 rings (SSSR count). The highest BCUT2D eigenvalue weighted by atomic mass is 32.1. The van der Waals surface area contributed by atoms with Crippen molar-refractivity contribution in [2.24, 2.45) is 0 Å². The van der Waals surface area contributed by atoms with Crippen molar-refractivity contribution >= 4 is 17.2 Å². The van der Waals surface area contributed by atoms with Gasteiger partial charge in [-0.05, 0) is 29.5 Å². The number of carbonyl (C=O) groups excluding carboxylic acids is 1. The number of thiophene rings is 1. The Labute approximate surface area is 144 Å². The van der Waals surface area contributed by atoms with Gasteiger partial charge < -0.3 is 5.32 Å². The molecule has 0 saturated carbocycles. The van der Waals surface area contributed by atoms with Crippen molar-refractivity contribution in [3.05, 3.63) is 65.2 Å². The lowest BCUT2D eigenvalue weighted by atomic mass is 10.1. The molecule has 0 radical (unpaired) electrons. The van der Waals surface area contributed by atoms with E-state index in [1.165, 1.54) is 5.56 Å². The van der Waals surface area contributed by atoms with Gasteiger partial charge in [0.2, 0.25) is 0 Å². The molecule has 1 unspecified atom stereocenters. The van der Waals surface area contributed by atoms with E-state index >= 15 is 0 Å². The van der Waals surface area contributed by atoms with E-state index < -0.39 is 0 Å². The molecule has 0 bridgehead atoms. The molecule has 3 heterocycles. The van der Waals surface area contributed by atoms with Crippen LogP contribution >= 0.6 is 11.3 Å². The van der Waals surface area contributed by atoms with E-state index in [0.29, 0.717) is 12.2 Å². The monoisotopic (exact) mass is 338 g/mol. The number of hydrogen-bond donors (Lipinski definition) is 2. The Bertz CT molecular complexity index is 826. The van der Waals surface area contributed by atoms with Gasteiger partial charge in [0.1, 0.15) is 17.6 Å². The molecule has 3 aromatic rings. The Kier molecular flexibility index (Phi) is 4.15. The molecule has 6 heteroatoms. The minimum Gasteiger partial charge on any atom is -0.347 e. The van der Waals surface area contributed by atoms with Crippen LogP contribution in [0.4, 0.5) is 0 Å². The van der Waals surface area contributed by atoms with Gasteiger partial charge in [0.05, 0.1) is 11.4 Å². The van der Waals surface area contributed by atoms with Crippen LogP contribution in [-0.2, 0) is 6.42 Å². The van der Waals surface area contributed by atoms with Crippen LogP contribution in [0.15, 0.2) is 53.9 Å². The number of carbonyl (C=O) groups is 1. The number of nitrogens with one attached hydrogen (secondary N) is 2. The number of nitrogens with zero attached hydrogens (tertiary/aromatic N) is 2. The molecule has 5 nitrogen and oxygen atoms in total. The van der Waals surface area contributed by atoms with Crippen LogP contribution in [-0.4, -0.2) is 28.8 Å². The van der Waals surface area contributed by atoms with Gasteiger partial charge in [0, 0.05) is 6.54 Å². The first kappa shape index (κ1) is 15.1. The van der Waals surface area contributed by atoms with E-state index in [0.717, 1.165) is 23.5 Å². The average Bonchev–Trinajstić information content (AvgIpc) is 3.27. The number of aromatic nitrogens is 2. The summed E-state index contributed by atoms with van der Waals surface area (Å²) in [6.45, 7) is 1.38. The minimum absolute atomic E-state index is 0.0184. The highest BCUT2D eigenvalue weighted by Crippen LogP contribution is 2.26. The molecule has 0 aliphatic carbocycles. The third kappa shape index (κ3) is 2.98. The summed E-state index contributed by atoms with van der Waals surface area (Å²) in [7, 11) is 0. The second kappa shape index (κ2) is 6.59. The van der Waals surface area contributed by atoms with Crippen LogP contribution in [0, 0.1) is 0 Å². The quantitative estimate of drug-likeness (QED) is 0.752. The first-order chi connectivity index (χ1) is 11.8. The first-order valence-corrected chi connectivity index (χ1v) is 8.88. The second-order valence-corrected chi connectivity index (χ2v) is 6.70. The standard InChI is InChI=1S/C18H18N4OS/c23-18-15-11-14(16-7-4-10-24-16)21-22(15)17(12-20-18)19-9-8-13-5-2-1-3-6-13/h1-7,10-11,17,19H,8-9,12H2,(H,20,23). The van der Waals surface area contributed by atoms with Gasteiger partial charge in [0.15, 0.2) is 0 Å². The molecule has 2 aromatic heterocycles. The van der Waals surface area contributed by atoms with Crippen molar-refractivity contribution in [3.8, 4) is 10.6 Å². The van der Waals surface area contributed by atoms with Crippen LogP contribution in [0.1, 0.15) is 22.2 Å². The third-order valence-corrected chi connectivity index (χ3v) is 5.02. The molecule has 1 atom stereocenters. The largest absolute Gasteiger partial charge is 0.347 e. The van der Waals surface area contributed by atoms with Gasteiger partial charge in [-0.25, -0.2) is 4.68 Å².